The Hall–Kier alpha value is -3.85. The van der Waals surface area contributed by atoms with E-state index in [0.717, 1.165) is 23.3 Å². The SMILES string of the molecule is COc1ccc(C2Cc3ccccc3C2NC(=O)C(c2ccccc2)c2ccccc2)cc1. The standard InChI is InChI=1S/C30H27NO2/c1-33-25-18-16-21(17-19-25)27-20-24-14-8-9-15-26(24)29(27)31-30(32)28(22-10-4-2-5-11-22)23-12-6-3-7-13-23/h2-19,27-29H,20H2,1H3,(H,31,32). The average Bonchev–Trinajstić information content (AvgIpc) is 3.24. The van der Waals surface area contributed by atoms with Crippen molar-refractivity contribution in [3.8, 4) is 5.75 Å². The van der Waals surface area contributed by atoms with Gasteiger partial charge >= 0.3 is 0 Å². The maximum atomic E-state index is 13.9. The fourth-order valence-electron chi connectivity index (χ4n) is 4.96. The molecule has 0 radical (unpaired) electrons. The maximum Gasteiger partial charge on any atom is 0.232 e. The minimum atomic E-state index is -0.364. The zero-order valence-corrected chi connectivity index (χ0v) is 18.6. The Kier molecular flexibility index (Phi) is 5.95. The van der Waals surface area contributed by atoms with Crippen molar-refractivity contribution in [2.45, 2.75) is 24.3 Å². The van der Waals surface area contributed by atoms with Crippen LogP contribution in [0.15, 0.2) is 109 Å². The summed E-state index contributed by atoms with van der Waals surface area (Å²) in [6, 6.07) is 36.6. The summed E-state index contributed by atoms with van der Waals surface area (Å²) in [5, 5.41) is 3.44. The summed E-state index contributed by atoms with van der Waals surface area (Å²) in [7, 11) is 1.68. The highest BCUT2D eigenvalue weighted by atomic mass is 16.5. The largest absolute Gasteiger partial charge is 0.497 e. The third kappa shape index (κ3) is 4.27. The molecule has 2 atom stereocenters. The predicted octanol–water partition coefficient (Wildman–Crippen LogP) is 6.02. The van der Waals surface area contributed by atoms with Crippen LogP contribution in [0.5, 0.6) is 5.75 Å². The first-order chi connectivity index (χ1) is 16.2. The van der Waals surface area contributed by atoms with Gasteiger partial charge in [-0.05, 0) is 46.4 Å². The molecule has 2 unspecified atom stereocenters. The van der Waals surface area contributed by atoms with Crippen molar-refractivity contribution in [2.24, 2.45) is 0 Å². The van der Waals surface area contributed by atoms with Gasteiger partial charge in [-0.25, -0.2) is 0 Å². The van der Waals surface area contributed by atoms with Crippen molar-refractivity contribution in [2.75, 3.05) is 7.11 Å². The number of fused-ring (bicyclic) bond motifs is 1. The van der Waals surface area contributed by atoms with Gasteiger partial charge < -0.3 is 10.1 Å². The molecule has 3 nitrogen and oxygen atoms in total. The number of carbonyl (C=O) groups is 1. The summed E-state index contributed by atoms with van der Waals surface area (Å²) >= 11 is 0. The predicted molar refractivity (Wildman–Crippen MR) is 131 cm³/mol. The summed E-state index contributed by atoms with van der Waals surface area (Å²) < 4.78 is 5.34. The van der Waals surface area contributed by atoms with Crippen LogP contribution < -0.4 is 10.1 Å². The molecule has 3 heteroatoms. The highest BCUT2D eigenvalue weighted by Gasteiger charge is 2.36. The lowest BCUT2D eigenvalue weighted by Crippen LogP contribution is -2.35. The second-order valence-corrected chi connectivity index (χ2v) is 8.52. The van der Waals surface area contributed by atoms with Crippen molar-refractivity contribution in [1.29, 1.82) is 0 Å². The number of hydrogen-bond donors (Lipinski definition) is 1. The average molecular weight is 434 g/mol. The van der Waals surface area contributed by atoms with E-state index >= 15 is 0 Å². The zero-order valence-electron chi connectivity index (χ0n) is 18.6. The Morgan fingerprint density at radius 3 is 1.97 bits per heavy atom. The Morgan fingerprint density at radius 1 is 0.788 bits per heavy atom. The van der Waals surface area contributed by atoms with E-state index in [9.17, 15) is 4.79 Å². The van der Waals surface area contributed by atoms with Gasteiger partial charge in [0, 0.05) is 5.92 Å². The Bertz CT molecular complexity index is 1180. The molecule has 5 rings (SSSR count). The molecule has 0 aliphatic heterocycles. The molecule has 1 aliphatic rings. The normalized spacial score (nSPS) is 16.9. The topological polar surface area (TPSA) is 38.3 Å². The molecule has 0 saturated heterocycles. The van der Waals surface area contributed by atoms with Gasteiger partial charge in [0.15, 0.2) is 0 Å². The van der Waals surface area contributed by atoms with Gasteiger partial charge in [0.25, 0.3) is 0 Å². The van der Waals surface area contributed by atoms with Crippen molar-refractivity contribution in [1.82, 2.24) is 5.32 Å². The molecule has 0 saturated carbocycles. The van der Waals surface area contributed by atoms with Gasteiger partial charge in [0.05, 0.1) is 19.1 Å². The van der Waals surface area contributed by atoms with Gasteiger partial charge in [-0.3, -0.25) is 4.79 Å². The highest BCUT2D eigenvalue weighted by molar-refractivity contribution is 5.87. The smallest absolute Gasteiger partial charge is 0.232 e. The number of benzene rings is 4. The number of methoxy groups -OCH3 is 1. The fraction of sp³-hybridized carbons (Fsp3) is 0.167. The van der Waals surface area contributed by atoms with Crippen LogP contribution in [0.25, 0.3) is 0 Å². The van der Waals surface area contributed by atoms with E-state index in [1.165, 1.54) is 16.7 Å². The van der Waals surface area contributed by atoms with Crippen LogP contribution in [-0.4, -0.2) is 13.0 Å². The molecule has 164 valence electrons. The molecule has 0 fully saturated rings. The molecule has 0 heterocycles. The Labute approximate surface area is 195 Å². The first-order valence-electron chi connectivity index (χ1n) is 11.4. The van der Waals surface area contributed by atoms with Crippen molar-refractivity contribution < 1.29 is 9.53 Å². The molecule has 1 amide bonds. The number of nitrogens with one attached hydrogen (secondary N) is 1. The van der Waals surface area contributed by atoms with Crippen molar-refractivity contribution in [3.63, 3.8) is 0 Å². The van der Waals surface area contributed by atoms with E-state index in [4.69, 9.17) is 4.74 Å². The van der Waals surface area contributed by atoms with E-state index in [1.54, 1.807) is 7.11 Å². The minimum Gasteiger partial charge on any atom is -0.497 e. The van der Waals surface area contributed by atoms with Crippen molar-refractivity contribution >= 4 is 5.91 Å². The number of amides is 1. The second kappa shape index (κ2) is 9.33. The third-order valence-corrected chi connectivity index (χ3v) is 6.60. The van der Waals surface area contributed by atoms with E-state index < -0.39 is 0 Å². The van der Waals surface area contributed by atoms with Gasteiger partial charge in [-0.15, -0.1) is 0 Å². The molecule has 0 aromatic heterocycles. The number of carbonyl (C=O) groups excluding carboxylic acids is 1. The van der Waals surface area contributed by atoms with Crippen LogP contribution in [0, 0.1) is 0 Å². The van der Waals surface area contributed by atoms with Crippen molar-refractivity contribution in [3.05, 3.63) is 137 Å². The van der Waals surface area contributed by atoms with E-state index in [1.807, 2.05) is 72.8 Å². The molecular formula is C30H27NO2. The van der Waals surface area contributed by atoms with Crippen LogP contribution in [0.1, 0.15) is 45.7 Å². The zero-order chi connectivity index (χ0) is 22.6. The molecule has 1 N–H and O–H groups in total. The third-order valence-electron chi connectivity index (χ3n) is 6.60. The quantitative estimate of drug-likeness (QED) is 0.403. The van der Waals surface area contributed by atoms with Gasteiger partial charge in [0.2, 0.25) is 5.91 Å². The Balaban J connectivity index is 1.50. The molecule has 0 bridgehead atoms. The lowest BCUT2D eigenvalue weighted by atomic mass is 9.88. The van der Waals surface area contributed by atoms with Crippen LogP contribution >= 0.6 is 0 Å². The lowest BCUT2D eigenvalue weighted by molar-refractivity contribution is -0.122. The molecular weight excluding hydrogens is 406 g/mol. The summed E-state index contributed by atoms with van der Waals surface area (Å²) in [5.41, 5.74) is 5.68. The monoisotopic (exact) mass is 433 g/mol. The molecule has 4 aromatic carbocycles. The highest BCUT2D eigenvalue weighted by Crippen LogP contribution is 2.43. The van der Waals surface area contributed by atoms with Crippen LogP contribution in [0.3, 0.4) is 0 Å². The molecule has 4 aromatic rings. The molecule has 1 aliphatic carbocycles. The first kappa shape index (κ1) is 21.0. The number of hydrogen-bond acceptors (Lipinski definition) is 2. The molecule has 0 spiro atoms. The van der Waals surface area contributed by atoms with Gasteiger partial charge in [0.1, 0.15) is 5.75 Å². The maximum absolute atomic E-state index is 13.9. The number of rotatable bonds is 6. The summed E-state index contributed by atoms with van der Waals surface area (Å²) in [4.78, 5) is 13.9. The number of ether oxygens (including phenoxy) is 1. The second-order valence-electron chi connectivity index (χ2n) is 8.52. The van der Waals surface area contributed by atoms with Crippen LogP contribution in [0.2, 0.25) is 0 Å². The van der Waals surface area contributed by atoms with Gasteiger partial charge in [-0.2, -0.15) is 0 Å². The lowest BCUT2D eigenvalue weighted by Gasteiger charge is -2.26. The van der Waals surface area contributed by atoms with Crippen LogP contribution in [-0.2, 0) is 11.2 Å². The Morgan fingerprint density at radius 2 is 1.36 bits per heavy atom. The summed E-state index contributed by atoms with van der Waals surface area (Å²) in [6.07, 6.45) is 0.898. The van der Waals surface area contributed by atoms with Gasteiger partial charge in [-0.1, -0.05) is 97.1 Å². The van der Waals surface area contributed by atoms with Crippen LogP contribution in [0.4, 0.5) is 0 Å². The van der Waals surface area contributed by atoms with E-state index in [2.05, 4.69) is 41.7 Å². The first-order valence-corrected chi connectivity index (χ1v) is 11.4. The minimum absolute atomic E-state index is 0.0209. The summed E-state index contributed by atoms with van der Waals surface area (Å²) in [5.74, 6) is 0.664. The summed E-state index contributed by atoms with van der Waals surface area (Å²) in [6.45, 7) is 0. The molecule has 33 heavy (non-hydrogen) atoms. The van der Waals surface area contributed by atoms with E-state index in [-0.39, 0.29) is 23.8 Å². The van der Waals surface area contributed by atoms with E-state index in [0.29, 0.717) is 0 Å². The fourth-order valence-corrected chi connectivity index (χ4v) is 4.96.